The number of hydrogen-bond acceptors (Lipinski definition) is 5. The molecule has 120 valence electrons. The third kappa shape index (κ3) is 5.07. The molecule has 0 saturated carbocycles. The zero-order valence-corrected chi connectivity index (χ0v) is 12.3. The number of hydrogen-bond donors (Lipinski definition) is 2. The SMILES string of the molecule is CC(C)OCCO[C@H](n1ccc(=O)[nH]c1=O)[C@](C)(F)CO. The van der Waals surface area contributed by atoms with Crippen molar-refractivity contribution in [3.8, 4) is 0 Å². The van der Waals surface area contributed by atoms with Crippen molar-refractivity contribution in [3.63, 3.8) is 0 Å². The Bertz CT molecular complexity index is 552. The first-order chi connectivity index (χ1) is 9.77. The molecule has 0 saturated heterocycles. The second-order valence-electron chi connectivity index (χ2n) is 5.10. The highest BCUT2D eigenvalue weighted by molar-refractivity contribution is 4.89. The fraction of sp³-hybridized carbons (Fsp3) is 0.692. The van der Waals surface area contributed by atoms with Crippen LogP contribution in [0.3, 0.4) is 0 Å². The van der Waals surface area contributed by atoms with E-state index in [1.165, 1.54) is 0 Å². The third-order valence-corrected chi connectivity index (χ3v) is 2.74. The molecule has 21 heavy (non-hydrogen) atoms. The van der Waals surface area contributed by atoms with E-state index >= 15 is 0 Å². The third-order valence-electron chi connectivity index (χ3n) is 2.74. The maximum absolute atomic E-state index is 14.4. The van der Waals surface area contributed by atoms with Crippen LogP contribution >= 0.6 is 0 Å². The molecular formula is C13H21FN2O5. The van der Waals surface area contributed by atoms with Gasteiger partial charge in [-0.2, -0.15) is 0 Å². The van der Waals surface area contributed by atoms with Crippen LogP contribution in [-0.4, -0.2) is 46.3 Å². The number of nitrogens with zero attached hydrogens (tertiary/aromatic N) is 1. The highest BCUT2D eigenvalue weighted by atomic mass is 19.1. The minimum atomic E-state index is -2.19. The molecule has 0 bridgehead atoms. The molecule has 0 aliphatic heterocycles. The molecule has 1 aromatic rings. The van der Waals surface area contributed by atoms with Gasteiger partial charge in [0.2, 0.25) is 0 Å². The van der Waals surface area contributed by atoms with E-state index in [0.717, 1.165) is 23.8 Å². The number of alkyl halides is 1. The van der Waals surface area contributed by atoms with Crippen molar-refractivity contribution >= 4 is 0 Å². The van der Waals surface area contributed by atoms with Crippen molar-refractivity contribution < 1.29 is 19.0 Å². The van der Waals surface area contributed by atoms with Gasteiger partial charge >= 0.3 is 5.69 Å². The van der Waals surface area contributed by atoms with Crippen LogP contribution in [0.1, 0.15) is 27.0 Å². The summed E-state index contributed by atoms with van der Waals surface area (Å²) >= 11 is 0. The summed E-state index contributed by atoms with van der Waals surface area (Å²) in [5.74, 6) is 0. The molecule has 0 radical (unpaired) electrons. The van der Waals surface area contributed by atoms with Crippen LogP contribution in [0.4, 0.5) is 4.39 Å². The van der Waals surface area contributed by atoms with Gasteiger partial charge in [-0.1, -0.05) is 0 Å². The Hall–Kier alpha value is -1.51. The van der Waals surface area contributed by atoms with Crippen LogP contribution < -0.4 is 11.2 Å². The van der Waals surface area contributed by atoms with E-state index in [4.69, 9.17) is 14.6 Å². The number of H-pyrrole nitrogens is 1. The summed E-state index contributed by atoms with van der Waals surface area (Å²) < 4.78 is 25.9. The molecule has 0 spiro atoms. The van der Waals surface area contributed by atoms with E-state index in [1.54, 1.807) is 0 Å². The van der Waals surface area contributed by atoms with E-state index in [0.29, 0.717) is 0 Å². The van der Waals surface area contributed by atoms with E-state index in [2.05, 4.69) is 0 Å². The summed E-state index contributed by atoms with van der Waals surface area (Å²) in [6.07, 6.45) is -0.247. The lowest BCUT2D eigenvalue weighted by Gasteiger charge is -2.30. The van der Waals surface area contributed by atoms with Gasteiger partial charge in [0.1, 0.15) is 0 Å². The summed E-state index contributed by atoms with van der Waals surface area (Å²) in [7, 11) is 0. The molecule has 0 fully saturated rings. The van der Waals surface area contributed by atoms with Crippen molar-refractivity contribution in [1.82, 2.24) is 9.55 Å². The quantitative estimate of drug-likeness (QED) is 0.669. The Morgan fingerprint density at radius 1 is 1.38 bits per heavy atom. The Kier molecular flexibility index (Phi) is 6.25. The lowest BCUT2D eigenvalue weighted by atomic mass is 10.1. The first-order valence-corrected chi connectivity index (χ1v) is 6.62. The van der Waals surface area contributed by atoms with Gasteiger partial charge in [0.05, 0.1) is 25.9 Å². The van der Waals surface area contributed by atoms with Crippen LogP contribution in [0.25, 0.3) is 0 Å². The fourth-order valence-electron chi connectivity index (χ4n) is 1.68. The average molecular weight is 304 g/mol. The fourth-order valence-corrected chi connectivity index (χ4v) is 1.68. The normalized spacial score (nSPS) is 15.9. The minimum Gasteiger partial charge on any atom is -0.393 e. The summed E-state index contributed by atoms with van der Waals surface area (Å²) in [5.41, 5.74) is -3.60. The Labute approximate surface area is 121 Å². The molecule has 0 unspecified atom stereocenters. The van der Waals surface area contributed by atoms with E-state index < -0.39 is 29.8 Å². The molecule has 0 aliphatic carbocycles. The van der Waals surface area contributed by atoms with Gasteiger partial charge in [-0.25, -0.2) is 9.18 Å². The van der Waals surface area contributed by atoms with Gasteiger partial charge in [0.25, 0.3) is 5.56 Å². The minimum absolute atomic E-state index is 0.00236. The molecule has 1 rings (SSSR count). The van der Waals surface area contributed by atoms with Gasteiger partial charge in [0.15, 0.2) is 11.9 Å². The lowest BCUT2D eigenvalue weighted by molar-refractivity contribution is -0.131. The first kappa shape index (κ1) is 17.5. The number of rotatable bonds is 8. The second-order valence-corrected chi connectivity index (χ2v) is 5.10. The van der Waals surface area contributed by atoms with Gasteiger partial charge in [-0.15, -0.1) is 0 Å². The molecule has 7 nitrogen and oxygen atoms in total. The number of aromatic amines is 1. The molecule has 1 heterocycles. The Morgan fingerprint density at radius 3 is 2.52 bits per heavy atom. The maximum atomic E-state index is 14.4. The van der Waals surface area contributed by atoms with Crippen molar-refractivity contribution in [2.24, 2.45) is 0 Å². The molecule has 2 atom stereocenters. The Balaban J connectivity index is 2.92. The number of ether oxygens (including phenoxy) is 2. The lowest BCUT2D eigenvalue weighted by Crippen LogP contribution is -2.44. The monoisotopic (exact) mass is 304 g/mol. The zero-order valence-electron chi connectivity index (χ0n) is 12.3. The number of aromatic nitrogens is 2. The van der Waals surface area contributed by atoms with Gasteiger partial charge in [-0.3, -0.25) is 14.3 Å². The molecule has 1 aromatic heterocycles. The van der Waals surface area contributed by atoms with Crippen molar-refractivity contribution in [2.75, 3.05) is 19.8 Å². The summed E-state index contributed by atoms with van der Waals surface area (Å²) in [5, 5.41) is 9.14. The number of aliphatic hydroxyl groups is 1. The smallest absolute Gasteiger partial charge is 0.330 e. The second kappa shape index (κ2) is 7.48. The highest BCUT2D eigenvalue weighted by Crippen LogP contribution is 2.26. The molecule has 8 heteroatoms. The van der Waals surface area contributed by atoms with Crippen molar-refractivity contribution in [3.05, 3.63) is 33.1 Å². The summed E-state index contributed by atoms with van der Waals surface area (Å²) in [4.78, 5) is 24.8. The van der Waals surface area contributed by atoms with Crippen LogP contribution in [-0.2, 0) is 9.47 Å². The standard InChI is InChI=1S/C13H21FN2O5/c1-9(2)20-6-7-21-11(13(3,14)8-17)16-5-4-10(18)15-12(16)19/h4-5,9,11,17H,6-8H2,1-3H3,(H,15,18,19)/t11-,13+/m0/s1. The average Bonchev–Trinajstić information content (AvgIpc) is 2.39. The predicted octanol–water partition coefficient (Wildman–Crippen LogP) is 0.197. The number of aliphatic hydroxyl groups excluding tert-OH is 1. The first-order valence-electron chi connectivity index (χ1n) is 6.62. The Morgan fingerprint density at radius 2 is 2.00 bits per heavy atom. The summed E-state index contributed by atoms with van der Waals surface area (Å²) in [6.45, 7) is 4.21. The number of halogens is 1. The molecule has 2 N–H and O–H groups in total. The van der Waals surface area contributed by atoms with E-state index in [-0.39, 0.29) is 19.3 Å². The molecule has 0 amide bonds. The number of nitrogens with one attached hydrogen (secondary N) is 1. The van der Waals surface area contributed by atoms with Gasteiger partial charge < -0.3 is 14.6 Å². The topological polar surface area (TPSA) is 93.5 Å². The van der Waals surface area contributed by atoms with Gasteiger partial charge in [0, 0.05) is 12.3 Å². The van der Waals surface area contributed by atoms with Crippen LogP contribution in [0.2, 0.25) is 0 Å². The van der Waals surface area contributed by atoms with Crippen molar-refractivity contribution in [2.45, 2.75) is 38.8 Å². The van der Waals surface area contributed by atoms with Crippen LogP contribution in [0.5, 0.6) is 0 Å². The molecule has 0 aromatic carbocycles. The molecular weight excluding hydrogens is 283 g/mol. The maximum Gasteiger partial charge on any atom is 0.330 e. The van der Waals surface area contributed by atoms with E-state index in [1.807, 2.05) is 18.8 Å². The zero-order chi connectivity index (χ0) is 16.0. The largest absolute Gasteiger partial charge is 0.393 e. The van der Waals surface area contributed by atoms with Crippen LogP contribution in [0.15, 0.2) is 21.9 Å². The van der Waals surface area contributed by atoms with Crippen molar-refractivity contribution in [1.29, 1.82) is 0 Å². The van der Waals surface area contributed by atoms with E-state index in [9.17, 15) is 14.0 Å². The molecule has 0 aliphatic rings. The highest BCUT2D eigenvalue weighted by Gasteiger charge is 2.37. The predicted molar refractivity (Wildman–Crippen MR) is 74.0 cm³/mol. The summed E-state index contributed by atoms with van der Waals surface area (Å²) in [6, 6.07) is 1.08. The van der Waals surface area contributed by atoms with Crippen LogP contribution in [0, 0.1) is 0 Å². The van der Waals surface area contributed by atoms with Gasteiger partial charge in [-0.05, 0) is 20.8 Å².